The molecule has 1 aromatic rings. The molecule has 1 nitrogen and oxygen atoms in total. The molecule has 0 aliphatic heterocycles. The highest BCUT2D eigenvalue weighted by Crippen LogP contribution is 2.24. The summed E-state index contributed by atoms with van der Waals surface area (Å²) in [5.74, 6) is -2.23. The largest absolute Gasteiger partial charge is 0.493 e. The van der Waals surface area contributed by atoms with E-state index in [0.717, 1.165) is 36.8 Å². The van der Waals surface area contributed by atoms with Crippen LogP contribution in [-0.4, -0.2) is 6.61 Å². The molecule has 0 aromatic heterocycles. The second kappa shape index (κ2) is 13.1. The fraction of sp³-hybridized carbons (Fsp3) is 0.727. The van der Waals surface area contributed by atoms with Gasteiger partial charge in [0.05, 0.1) is 6.61 Å². The van der Waals surface area contributed by atoms with Crippen molar-refractivity contribution in [3.05, 3.63) is 29.6 Å². The molecule has 4 heteroatoms. The molecule has 1 rings (SSSR count). The average molecular weight is 373 g/mol. The fourth-order valence-corrected chi connectivity index (χ4v) is 3.57. The van der Waals surface area contributed by atoms with Crippen LogP contribution in [0.4, 0.5) is 13.2 Å². The molecule has 150 valence electrons. The Kier molecular flexibility index (Phi) is 11.5. The van der Waals surface area contributed by atoms with E-state index >= 15 is 0 Å². The van der Waals surface area contributed by atoms with E-state index in [-0.39, 0.29) is 5.75 Å². The topological polar surface area (TPSA) is 9.23 Å². The first-order valence-corrected chi connectivity index (χ1v) is 10.2. The Labute approximate surface area is 157 Å². The molecule has 0 bridgehead atoms. The van der Waals surface area contributed by atoms with Crippen molar-refractivity contribution in [1.82, 2.24) is 0 Å². The van der Waals surface area contributed by atoms with E-state index in [0.29, 0.717) is 6.61 Å². The maximum absolute atomic E-state index is 13.1. The lowest BCUT2D eigenvalue weighted by Gasteiger charge is -2.17. The van der Waals surface area contributed by atoms with Gasteiger partial charge in [-0.15, -0.1) is 0 Å². The minimum absolute atomic E-state index is 0.0522. The molecule has 0 N–H and O–H groups in total. The molecular formula is C22H35F3O. The van der Waals surface area contributed by atoms with E-state index in [1.54, 1.807) is 0 Å². The molecule has 0 saturated heterocycles. The second-order valence-electron chi connectivity index (χ2n) is 7.52. The van der Waals surface area contributed by atoms with E-state index < -0.39 is 17.5 Å². The van der Waals surface area contributed by atoms with Crippen LogP contribution in [0.1, 0.15) is 85.0 Å². The molecule has 2 atom stereocenters. The maximum Gasteiger partial charge on any atom is 0.194 e. The van der Waals surface area contributed by atoms with Crippen LogP contribution >= 0.6 is 0 Å². The van der Waals surface area contributed by atoms with Gasteiger partial charge in [0.25, 0.3) is 0 Å². The fourth-order valence-electron chi connectivity index (χ4n) is 3.57. The van der Waals surface area contributed by atoms with Gasteiger partial charge in [0, 0.05) is 12.1 Å². The number of halogens is 3. The smallest absolute Gasteiger partial charge is 0.194 e. The second-order valence-corrected chi connectivity index (χ2v) is 7.52. The predicted octanol–water partition coefficient (Wildman–Crippen LogP) is 7.68. The average Bonchev–Trinajstić information content (AvgIpc) is 2.59. The molecule has 0 aliphatic carbocycles. The predicted molar refractivity (Wildman–Crippen MR) is 102 cm³/mol. The summed E-state index contributed by atoms with van der Waals surface area (Å²) in [6.07, 6.45) is 12.0. The standard InChI is InChI=1S/C22H35F3O/c1-4-9-17(3)11-8-13-18(10-5-2)12-6-7-14-26-19-15-20(23)22(25)21(24)16-19/h15-18H,4-14H2,1-3H3. The van der Waals surface area contributed by atoms with Gasteiger partial charge in [0.2, 0.25) is 0 Å². The summed E-state index contributed by atoms with van der Waals surface area (Å²) in [7, 11) is 0. The zero-order chi connectivity index (χ0) is 19.4. The van der Waals surface area contributed by atoms with Gasteiger partial charge in [0.15, 0.2) is 17.5 Å². The minimum atomic E-state index is -1.45. The van der Waals surface area contributed by atoms with Crippen LogP contribution in [0.3, 0.4) is 0 Å². The van der Waals surface area contributed by atoms with Gasteiger partial charge >= 0.3 is 0 Å². The Balaban J connectivity index is 2.24. The maximum atomic E-state index is 13.1. The lowest BCUT2D eigenvalue weighted by atomic mass is 9.89. The highest BCUT2D eigenvalue weighted by molar-refractivity contribution is 5.24. The number of unbranched alkanes of at least 4 members (excludes halogenated alkanes) is 1. The van der Waals surface area contributed by atoms with Crippen LogP contribution < -0.4 is 4.74 Å². The van der Waals surface area contributed by atoms with Crippen molar-refractivity contribution in [2.24, 2.45) is 11.8 Å². The van der Waals surface area contributed by atoms with Crippen molar-refractivity contribution in [1.29, 1.82) is 0 Å². The van der Waals surface area contributed by atoms with Crippen molar-refractivity contribution < 1.29 is 17.9 Å². The van der Waals surface area contributed by atoms with Crippen LogP contribution in [0.15, 0.2) is 12.1 Å². The summed E-state index contributed by atoms with van der Waals surface area (Å²) in [6, 6.07) is 1.80. The summed E-state index contributed by atoms with van der Waals surface area (Å²) in [5, 5.41) is 0. The number of hydrogen-bond acceptors (Lipinski definition) is 1. The lowest BCUT2D eigenvalue weighted by Crippen LogP contribution is -2.05. The monoisotopic (exact) mass is 372 g/mol. The molecular weight excluding hydrogens is 337 g/mol. The normalized spacial score (nSPS) is 13.6. The van der Waals surface area contributed by atoms with Crippen LogP contribution in [0, 0.1) is 29.3 Å². The van der Waals surface area contributed by atoms with Gasteiger partial charge in [-0.1, -0.05) is 72.1 Å². The third-order valence-electron chi connectivity index (χ3n) is 5.02. The van der Waals surface area contributed by atoms with E-state index in [1.165, 1.54) is 51.4 Å². The van der Waals surface area contributed by atoms with Crippen molar-refractivity contribution in [2.75, 3.05) is 6.61 Å². The van der Waals surface area contributed by atoms with Crippen molar-refractivity contribution in [3.8, 4) is 5.75 Å². The van der Waals surface area contributed by atoms with Crippen molar-refractivity contribution in [2.45, 2.75) is 85.0 Å². The molecule has 0 spiro atoms. The van der Waals surface area contributed by atoms with Crippen molar-refractivity contribution in [3.63, 3.8) is 0 Å². The minimum Gasteiger partial charge on any atom is -0.493 e. The van der Waals surface area contributed by atoms with Crippen LogP contribution in [0.25, 0.3) is 0 Å². The first kappa shape index (κ1) is 22.9. The Bertz CT molecular complexity index is 481. The van der Waals surface area contributed by atoms with E-state index in [2.05, 4.69) is 20.8 Å². The molecule has 2 unspecified atom stereocenters. The van der Waals surface area contributed by atoms with E-state index in [1.807, 2.05) is 0 Å². The van der Waals surface area contributed by atoms with Crippen LogP contribution in [-0.2, 0) is 0 Å². The summed E-state index contributed by atoms with van der Waals surface area (Å²) in [5.41, 5.74) is 0. The molecule has 0 aliphatic rings. The summed E-state index contributed by atoms with van der Waals surface area (Å²) >= 11 is 0. The van der Waals surface area contributed by atoms with Gasteiger partial charge in [-0.05, 0) is 24.7 Å². The first-order valence-electron chi connectivity index (χ1n) is 10.2. The number of hydrogen-bond donors (Lipinski definition) is 0. The zero-order valence-electron chi connectivity index (χ0n) is 16.6. The Hall–Kier alpha value is -1.19. The number of rotatable bonds is 14. The van der Waals surface area contributed by atoms with E-state index in [9.17, 15) is 13.2 Å². The van der Waals surface area contributed by atoms with Gasteiger partial charge in [-0.2, -0.15) is 0 Å². The third-order valence-corrected chi connectivity index (χ3v) is 5.02. The third kappa shape index (κ3) is 8.95. The molecule has 0 fully saturated rings. The summed E-state index contributed by atoms with van der Waals surface area (Å²) < 4.78 is 44.5. The number of ether oxygens (including phenoxy) is 1. The van der Waals surface area contributed by atoms with E-state index in [4.69, 9.17) is 4.74 Å². The van der Waals surface area contributed by atoms with Crippen LogP contribution in [0.2, 0.25) is 0 Å². The van der Waals surface area contributed by atoms with Crippen LogP contribution in [0.5, 0.6) is 5.75 Å². The summed E-state index contributed by atoms with van der Waals surface area (Å²) in [4.78, 5) is 0. The molecule has 26 heavy (non-hydrogen) atoms. The quantitative estimate of drug-likeness (QED) is 0.240. The first-order chi connectivity index (χ1) is 12.5. The van der Waals surface area contributed by atoms with Crippen molar-refractivity contribution >= 4 is 0 Å². The lowest BCUT2D eigenvalue weighted by molar-refractivity contribution is 0.287. The highest BCUT2D eigenvalue weighted by Gasteiger charge is 2.12. The van der Waals surface area contributed by atoms with Gasteiger partial charge < -0.3 is 4.74 Å². The van der Waals surface area contributed by atoms with Gasteiger partial charge in [-0.25, -0.2) is 13.2 Å². The van der Waals surface area contributed by atoms with Gasteiger partial charge in [0.1, 0.15) is 5.75 Å². The Morgan fingerprint density at radius 3 is 2.04 bits per heavy atom. The molecule has 0 heterocycles. The molecule has 0 saturated carbocycles. The Morgan fingerprint density at radius 1 is 0.808 bits per heavy atom. The highest BCUT2D eigenvalue weighted by atomic mass is 19.2. The molecule has 1 aromatic carbocycles. The van der Waals surface area contributed by atoms with Gasteiger partial charge in [-0.3, -0.25) is 0 Å². The Morgan fingerprint density at radius 2 is 1.42 bits per heavy atom. The molecule has 0 radical (unpaired) electrons. The summed E-state index contributed by atoms with van der Waals surface area (Å²) in [6.45, 7) is 7.22. The molecule has 0 amide bonds. The zero-order valence-corrected chi connectivity index (χ0v) is 16.6. The SMILES string of the molecule is CCCC(C)CCCC(CCC)CCCCOc1cc(F)c(F)c(F)c1. The number of benzene rings is 1.